The summed E-state index contributed by atoms with van der Waals surface area (Å²) in [6, 6.07) is 1.64. The fourth-order valence-corrected chi connectivity index (χ4v) is 1.48. The number of rotatable bonds is 1. The first-order chi connectivity index (χ1) is 8.08. The molecule has 1 aromatic heterocycles. The predicted octanol–water partition coefficient (Wildman–Crippen LogP) is 0.125. The Balaban J connectivity index is 2.31. The molecule has 1 aliphatic rings. The Labute approximate surface area is 96.9 Å². The first-order valence-electron chi connectivity index (χ1n) is 4.94. The molecule has 1 aliphatic heterocycles. The van der Waals surface area contributed by atoms with Crippen LogP contribution >= 0.6 is 0 Å². The third kappa shape index (κ3) is 2.25. The number of hydrogen-bond donors (Lipinski definition) is 1. The summed E-state index contributed by atoms with van der Waals surface area (Å²) in [5, 5.41) is 2.43. The van der Waals surface area contributed by atoms with Gasteiger partial charge in [0.05, 0.1) is 12.5 Å². The van der Waals surface area contributed by atoms with Gasteiger partial charge in [-0.3, -0.25) is 19.3 Å². The summed E-state index contributed by atoms with van der Waals surface area (Å²) in [5.41, 5.74) is 0.705. The molecule has 1 aromatic rings. The van der Waals surface area contributed by atoms with Crippen LogP contribution < -0.4 is 5.32 Å². The molecular weight excluding hydrogens is 224 g/mol. The van der Waals surface area contributed by atoms with Crippen molar-refractivity contribution in [3.8, 4) is 0 Å². The number of piperazine rings is 1. The van der Waals surface area contributed by atoms with Gasteiger partial charge in [-0.2, -0.15) is 0 Å². The maximum atomic E-state index is 11.8. The highest BCUT2D eigenvalue weighted by Crippen LogP contribution is 2.11. The van der Waals surface area contributed by atoms with Gasteiger partial charge in [0, 0.05) is 12.5 Å². The van der Waals surface area contributed by atoms with Gasteiger partial charge in [-0.25, -0.2) is 0 Å². The van der Waals surface area contributed by atoms with E-state index < -0.39 is 17.7 Å². The first-order valence-corrected chi connectivity index (χ1v) is 4.94. The number of carbonyl (C=O) groups excluding carboxylic acids is 3. The lowest BCUT2D eigenvalue weighted by atomic mass is 10.2. The van der Waals surface area contributed by atoms with Crippen molar-refractivity contribution in [3.05, 3.63) is 29.9 Å². The molecule has 1 saturated heterocycles. The van der Waals surface area contributed by atoms with Gasteiger partial charge in [-0.1, -0.05) is 0 Å². The van der Waals surface area contributed by atoms with Gasteiger partial charge in [0.25, 0.3) is 5.91 Å². The second-order valence-corrected chi connectivity index (χ2v) is 3.57. The number of imide groups is 1. The lowest BCUT2D eigenvalue weighted by Gasteiger charge is -2.25. The molecule has 2 rings (SSSR count). The van der Waals surface area contributed by atoms with E-state index in [2.05, 4.69) is 5.32 Å². The molecule has 0 unspecified atom stereocenters. The third-order valence-electron chi connectivity index (χ3n) is 2.29. The van der Waals surface area contributed by atoms with Crippen molar-refractivity contribution in [1.82, 2.24) is 10.2 Å². The van der Waals surface area contributed by atoms with Crippen molar-refractivity contribution in [3.63, 3.8) is 0 Å². The second-order valence-electron chi connectivity index (χ2n) is 3.57. The van der Waals surface area contributed by atoms with E-state index in [4.69, 9.17) is 4.42 Å². The van der Waals surface area contributed by atoms with Gasteiger partial charge in [0.15, 0.2) is 0 Å². The van der Waals surface area contributed by atoms with Crippen LogP contribution in [0.4, 0.5) is 0 Å². The van der Waals surface area contributed by atoms with Gasteiger partial charge >= 0.3 is 0 Å². The van der Waals surface area contributed by atoms with Crippen LogP contribution in [0.25, 0.3) is 6.08 Å². The minimum atomic E-state index is -0.515. The van der Waals surface area contributed by atoms with Crippen molar-refractivity contribution >= 4 is 23.8 Å². The lowest BCUT2D eigenvalue weighted by molar-refractivity contribution is -0.147. The Morgan fingerprint density at radius 3 is 2.88 bits per heavy atom. The van der Waals surface area contributed by atoms with Crippen LogP contribution in [0.5, 0.6) is 0 Å². The van der Waals surface area contributed by atoms with Gasteiger partial charge < -0.3 is 9.73 Å². The summed E-state index contributed by atoms with van der Waals surface area (Å²) in [5.74, 6) is -1.37. The molecule has 0 radical (unpaired) electrons. The molecule has 1 fully saturated rings. The van der Waals surface area contributed by atoms with Crippen LogP contribution in [0, 0.1) is 0 Å². The molecule has 0 saturated carbocycles. The van der Waals surface area contributed by atoms with E-state index in [9.17, 15) is 14.4 Å². The molecule has 0 aliphatic carbocycles. The van der Waals surface area contributed by atoms with Crippen molar-refractivity contribution in [2.75, 3.05) is 6.54 Å². The first kappa shape index (κ1) is 11.1. The smallest absolute Gasteiger partial charge is 0.277 e. The van der Waals surface area contributed by atoms with Crippen LogP contribution in [0.15, 0.2) is 28.7 Å². The highest BCUT2D eigenvalue weighted by Gasteiger charge is 2.30. The SMILES string of the molecule is CC(=O)N1CC(=O)NC(=Cc2ccoc2)C1=O. The van der Waals surface area contributed by atoms with Gasteiger partial charge in [-0.05, 0) is 12.1 Å². The molecular formula is C11H10N2O4. The van der Waals surface area contributed by atoms with Crippen LogP contribution in [0.3, 0.4) is 0 Å². The molecule has 0 atom stereocenters. The quantitative estimate of drug-likeness (QED) is 0.700. The van der Waals surface area contributed by atoms with E-state index in [0.717, 1.165) is 4.90 Å². The summed E-state index contributed by atoms with van der Waals surface area (Å²) in [7, 11) is 0. The largest absolute Gasteiger partial charge is 0.472 e. The number of nitrogens with zero attached hydrogens (tertiary/aromatic N) is 1. The van der Waals surface area contributed by atoms with Crippen LogP contribution in [-0.2, 0) is 14.4 Å². The maximum absolute atomic E-state index is 11.8. The molecule has 88 valence electrons. The topological polar surface area (TPSA) is 79.6 Å². The average molecular weight is 234 g/mol. The molecule has 2 heterocycles. The zero-order valence-corrected chi connectivity index (χ0v) is 9.10. The highest BCUT2D eigenvalue weighted by molar-refractivity contribution is 6.12. The normalized spacial score (nSPS) is 18.4. The summed E-state index contributed by atoms with van der Waals surface area (Å²) >= 11 is 0. The van der Waals surface area contributed by atoms with E-state index in [-0.39, 0.29) is 12.2 Å². The minimum Gasteiger partial charge on any atom is -0.472 e. The Bertz CT molecular complexity index is 502. The summed E-state index contributed by atoms with van der Waals surface area (Å²) in [6.45, 7) is 1.00. The van der Waals surface area contributed by atoms with Crippen molar-refractivity contribution in [2.45, 2.75) is 6.92 Å². The fraction of sp³-hybridized carbons (Fsp3) is 0.182. The Morgan fingerprint density at radius 1 is 1.53 bits per heavy atom. The lowest BCUT2D eigenvalue weighted by Crippen LogP contribution is -2.51. The van der Waals surface area contributed by atoms with Gasteiger partial charge in [0.1, 0.15) is 12.2 Å². The summed E-state index contributed by atoms with van der Waals surface area (Å²) in [6.07, 6.45) is 4.34. The monoisotopic (exact) mass is 234 g/mol. The number of furan rings is 1. The van der Waals surface area contributed by atoms with Gasteiger partial charge in [0.2, 0.25) is 11.8 Å². The minimum absolute atomic E-state index is 0.0675. The Morgan fingerprint density at radius 2 is 2.29 bits per heavy atom. The molecule has 6 heteroatoms. The van der Waals surface area contributed by atoms with E-state index >= 15 is 0 Å². The molecule has 3 amide bonds. The Kier molecular flexibility index (Phi) is 2.78. The molecule has 1 N–H and O–H groups in total. The molecule has 0 aromatic carbocycles. The fourth-order valence-electron chi connectivity index (χ4n) is 1.48. The summed E-state index contributed by atoms with van der Waals surface area (Å²) in [4.78, 5) is 35.2. The molecule has 0 spiro atoms. The molecule has 6 nitrogen and oxygen atoms in total. The predicted molar refractivity (Wildman–Crippen MR) is 57.2 cm³/mol. The third-order valence-corrected chi connectivity index (χ3v) is 2.29. The number of amides is 3. The van der Waals surface area contributed by atoms with E-state index in [0.29, 0.717) is 5.56 Å². The van der Waals surface area contributed by atoms with Crippen LogP contribution in [-0.4, -0.2) is 29.2 Å². The zero-order chi connectivity index (χ0) is 12.4. The maximum Gasteiger partial charge on any atom is 0.277 e. The average Bonchev–Trinajstić information content (AvgIpc) is 2.75. The van der Waals surface area contributed by atoms with Crippen molar-refractivity contribution in [1.29, 1.82) is 0 Å². The summed E-state index contributed by atoms with van der Waals surface area (Å²) < 4.78 is 4.84. The number of nitrogens with one attached hydrogen (secondary N) is 1. The number of carbonyl (C=O) groups is 3. The highest BCUT2D eigenvalue weighted by atomic mass is 16.3. The van der Waals surface area contributed by atoms with E-state index in [1.807, 2.05) is 0 Å². The zero-order valence-electron chi connectivity index (χ0n) is 9.10. The van der Waals surface area contributed by atoms with Gasteiger partial charge in [-0.15, -0.1) is 0 Å². The molecule has 0 bridgehead atoms. The van der Waals surface area contributed by atoms with Crippen molar-refractivity contribution < 1.29 is 18.8 Å². The van der Waals surface area contributed by atoms with Crippen molar-refractivity contribution in [2.24, 2.45) is 0 Å². The standard InChI is InChI=1S/C11H10N2O4/c1-7(14)13-5-10(15)12-9(11(13)16)4-8-2-3-17-6-8/h2-4,6H,5H2,1H3,(H,12,15). The second kappa shape index (κ2) is 4.25. The van der Waals surface area contributed by atoms with Crippen LogP contribution in [0.1, 0.15) is 12.5 Å². The Hall–Kier alpha value is -2.37. The number of hydrogen-bond acceptors (Lipinski definition) is 4. The molecule has 17 heavy (non-hydrogen) atoms. The van der Waals surface area contributed by atoms with E-state index in [1.54, 1.807) is 6.07 Å². The van der Waals surface area contributed by atoms with E-state index in [1.165, 1.54) is 25.5 Å². The van der Waals surface area contributed by atoms with Crippen LogP contribution in [0.2, 0.25) is 0 Å².